The molecule has 2 N–H and O–H groups in total. The van der Waals surface area contributed by atoms with Crippen LogP contribution in [0.1, 0.15) is 26.2 Å². The Labute approximate surface area is 113 Å². The number of nitrogens with zero attached hydrogens (tertiary/aromatic N) is 2. The lowest BCUT2D eigenvalue weighted by atomic mass is 10.0. The molecule has 0 radical (unpaired) electrons. The third kappa shape index (κ3) is 3.36. The molecular weight excluding hydrogens is 242 g/mol. The van der Waals surface area contributed by atoms with Gasteiger partial charge in [0.15, 0.2) is 0 Å². The predicted molar refractivity (Wildman–Crippen MR) is 74.7 cm³/mol. The van der Waals surface area contributed by atoms with Gasteiger partial charge >= 0.3 is 0 Å². The molecule has 1 aromatic heterocycles. The lowest BCUT2D eigenvalue weighted by Crippen LogP contribution is -2.34. The van der Waals surface area contributed by atoms with E-state index in [0.717, 1.165) is 25.9 Å². The van der Waals surface area contributed by atoms with Crippen molar-refractivity contribution in [3.63, 3.8) is 0 Å². The highest BCUT2D eigenvalue weighted by Gasteiger charge is 2.25. The largest absolute Gasteiger partial charge is 0.398 e. The maximum Gasteiger partial charge on any atom is 0.251 e. The van der Waals surface area contributed by atoms with Crippen LogP contribution >= 0.6 is 0 Å². The maximum atomic E-state index is 12.2. The van der Waals surface area contributed by atoms with Crippen molar-refractivity contribution in [1.82, 2.24) is 9.47 Å². The first-order valence-electron chi connectivity index (χ1n) is 6.84. The highest BCUT2D eigenvalue weighted by atomic mass is 16.2. The molecule has 104 valence electrons. The molecule has 0 aromatic carbocycles. The van der Waals surface area contributed by atoms with E-state index in [4.69, 9.17) is 5.73 Å². The van der Waals surface area contributed by atoms with Gasteiger partial charge in [-0.15, -0.1) is 0 Å². The van der Waals surface area contributed by atoms with Crippen LogP contribution < -0.4 is 11.3 Å². The van der Waals surface area contributed by atoms with E-state index in [1.807, 2.05) is 4.90 Å². The first-order chi connectivity index (χ1) is 9.10. The number of nitrogen functional groups attached to an aromatic ring is 1. The molecule has 0 bridgehead atoms. The summed E-state index contributed by atoms with van der Waals surface area (Å²) in [6.07, 6.45) is 4.93. The number of hydrogen-bond acceptors (Lipinski definition) is 3. The van der Waals surface area contributed by atoms with Crippen LogP contribution in [0.5, 0.6) is 0 Å². The Balaban J connectivity index is 1.98. The first kappa shape index (κ1) is 13.6. The Bertz CT molecular complexity index is 510. The van der Waals surface area contributed by atoms with Gasteiger partial charge in [-0.1, -0.05) is 13.3 Å². The second-order valence-corrected chi connectivity index (χ2v) is 5.21. The summed E-state index contributed by atoms with van der Waals surface area (Å²) in [7, 11) is 0. The van der Waals surface area contributed by atoms with Gasteiger partial charge in [-0.05, 0) is 24.8 Å². The molecule has 2 rings (SSSR count). The maximum absolute atomic E-state index is 12.2. The fourth-order valence-electron chi connectivity index (χ4n) is 2.62. The average molecular weight is 263 g/mol. The number of aromatic nitrogens is 1. The second-order valence-electron chi connectivity index (χ2n) is 5.21. The highest BCUT2D eigenvalue weighted by Crippen LogP contribution is 2.20. The number of nitrogens with two attached hydrogens (primary N) is 1. The van der Waals surface area contributed by atoms with E-state index in [2.05, 4.69) is 6.92 Å². The lowest BCUT2D eigenvalue weighted by molar-refractivity contribution is -0.130. The molecule has 19 heavy (non-hydrogen) atoms. The third-order valence-electron chi connectivity index (χ3n) is 3.65. The fraction of sp³-hybridized carbons (Fsp3) is 0.571. The molecule has 1 unspecified atom stereocenters. The van der Waals surface area contributed by atoms with Gasteiger partial charge in [-0.2, -0.15) is 0 Å². The molecular formula is C14H21N3O2. The Kier molecular flexibility index (Phi) is 4.24. The van der Waals surface area contributed by atoms with Crippen molar-refractivity contribution in [1.29, 1.82) is 0 Å². The van der Waals surface area contributed by atoms with Gasteiger partial charge in [0.2, 0.25) is 5.91 Å². The van der Waals surface area contributed by atoms with E-state index in [0.29, 0.717) is 11.6 Å². The van der Waals surface area contributed by atoms with Crippen molar-refractivity contribution in [3.05, 3.63) is 28.7 Å². The number of hydrogen-bond donors (Lipinski definition) is 1. The van der Waals surface area contributed by atoms with Gasteiger partial charge in [-0.3, -0.25) is 9.59 Å². The second kappa shape index (κ2) is 5.91. The summed E-state index contributed by atoms with van der Waals surface area (Å²) in [5.41, 5.74) is 5.94. The lowest BCUT2D eigenvalue weighted by Gasteiger charge is -2.17. The monoisotopic (exact) mass is 263 g/mol. The molecule has 0 saturated carbocycles. The number of likely N-dealkylation sites (tertiary alicyclic amines) is 1. The van der Waals surface area contributed by atoms with E-state index in [9.17, 15) is 9.59 Å². The van der Waals surface area contributed by atoms with Crippen molar-refractivity contribution >= 4 is 11.6 Å². The van der Waals surface area contributed by atoms with Crippen molar-refractivity contribution in [2.75, 3.05) is 18.8 Å². The van der Waals surface area contributed by atoms with Crippen LogP contribution in [-0.4, -0.2) is 28.5 Å². The number of carbonyl (C=O) groups is 1. The molecule has 1 aliphatic rings. The number of rotatable bonds is 4. The van der Waals surface area contributed by atoms with E-state index in [-0.39, 0.29) is 18.0 Å². The third-order valence-corrected chi connectivity index (χ3v) is 3.65. The topological polar surface area (TPSA) is 68.3 Å². The zero-order valence-corrected chi connectivity index (χ0v) is 11.3. The molecule has 1 aromatic rings. The van der Waals surface area contributed by atoms with E-state index in [1.54, 1.807) is 6.07 Å². The SMILES string of the molecule is CCCC1CCN(C(=O)Cn2cc(N)ccc2=O)C1. The minimum atomic E-state index is -0.188. The fourth-order valence-corrected chi connectivity index (χ4v) is 2.62. The number of amides is 1. The molecule has 1 amide bonds. The molecule has 5 nitrogen and oxygen atoms in total. The summed E-state index contributed by atoms with van der Waals surface area (Å²) in [5, 5.41) is 0. The van der Waals surface area contributed by atoms with Gasteiger partial charge < -0.3 is 15.2 Å². The van der Waals surface area contributed by atoms with Gasteiger partial charge in [-0.25, -0.2) is 0 Å². The summed E-state index contributed by atoms with van der Waals surface area (Å²) in [6, 6.07) is 2.95. The van der Waals surface area contributed by atoms with Crippen molar-refractivity contribution in [3.8, 4) is 0 Å². The van der Waals surface area contributed by atoms with Crippen LogP contribution in [0.3, 0.4) is 0 Å². The number of carbonyl (C=O) groups excluding carboxylic acids is 1. The molecule has 1 fully saturated rings. The molecule has 1 aliphatic heterocycles. The predicted octanol–water partition coefficient (Wildman–Crippen LogP) is 1.08. The Morgan fingerprint density at radius 3 is 3.00 bits per heavy atom. The summed E-state index contributed by atoms with van der Waals surface area (Å²) in [5.74, 6) is 0.623. The van der Waals surface area contributed by atoms with Crippen molar-refractivity contribution < 1.29 is 4.79 Å². The Hall–Kier alpha value is -1.78. The van der Waals surface area contributed by atoms with E-state index in [1.165, 1.54) is 23.3 Å². The quantitative estimate of drug-likeness (QED) is 0.883. The van der Waals surface area contributed by atoms with Gasteiger partial charge in [0.25, 0.3) is 5.56 Å². The van der Waals surface area contributed by atoms with Crippen LogP contribution in [0.25, 0.3) is 0 Å². The zero-order valence-electron chi connectivity index (χ0n) is 11.3. The smallest absolute Gasteiger partial charge is 0.251 e. The number of pyridine rings is 1. The summed E-state index contributed by atoms with van der Waals surface area (Å²) in [4.78, 5) is 25.6. The number of anilines is 1. The zero-order chi connectivity index (χ0) is 13.8. The van der Waals surface area contributed by atoms with Crippen LogP contribution in [-0.2, 0) is 11.3 Å². The van der Waals surface area contributed by atoms with Crippen molar-refractivity contribution in [2.24, 2.45) is 5.92 Å². The molecule has 1 saturated heterocycles. The highest BCUT2D eigenvalue weighted by molar-refractivity contribution is 5.76. The van der Waals surface area contributed by atoms with E-state index < -0.39 is 0 Å². The average Bonchev–Trinajstić information content (AvgIpc) is 2.83. The van der Waals surface area contributed by atoms with Crippen LogP contribution in [0.4, 0.5) is 5.69 Å². The van der Waals surface area contributed by atoms with Crippen LogP contribution in [0.2, 0.25) is 0 Å². The Morgan fingerprint density at radius 1 is 1.47 bits per heavy atom. The Morgan fingerprint density at radius 2 is 2.26 bits per heavy atom. The minimum absolute atomic E-state index is 0.00584. The molecule has 1 atom stereocenters. The van der Waals surface area contributed by atoms with Crippen molar-refractivity contribution in [2.45, 2.75) is 32.7 Å². The van der Waals surface area contributed by atoms with Gasteiger partial charge in [0.1, 0.15) is 6.54 Å². The van der Waals surface area contributed by atoms with Crippen LogP contribution in [0, 0.1) is 5.92 Å². The van der Waals surface area contributed by atoms with E-state index >= 15 is 0 Å². The molecule has 5 heteroatoms. The summed E-state index contributed by atoms with van der Waals surface area (Å²) in [6.45, 7) is 3.88. The first-order valence-corrected chi connectivity index (χ1v) is 6.84. The summed E-state index contributed by atoms with van der Waals surface area (Å²) >= 11 is 0. The molecule has 0 aliphatic carbocycles. The molecule has 2 heterocycles. The normalized spacial score (nSPS) is 18.8. The summed E-state index contributed by atoms with van der Waals surface area (Å²) < 4.78 is 1.38. The minimum Gasteiger partial charge on any atom is -0.398 e. The standard InChI is InChI=1S/C14H21N3O2/c1-2-3-11-6-7-16(8-11)14(19)10-17-9-12(15)4-5-13(17)18/h4-5,9,11H,2-3,6-8,10,15H2,1H3. The van der Waals surface area contributed by atoms with Gasteiger partial charge in [0.05, 0.1) is 0 Å². The van der Waals surface area contributed by atoms with Crippen LogP contribution in [0.15, 0.2) is 23.1 Å². The van der Waals surface area contributed by atoms with Gasteiger partial charge in [0, 0.05) is 31.0 Å². The molecule has 0 spiro atoms.